The molecule has 7 heteroatoms. The molecule has 0 radical (unpaired) electrons. The smallest absolute Gasteiger partial charge is 0.308 e. The van der Waals surface area contributed by atoms with Crippen LogP contribution in [0.3, 0.4) is 0 Å². The first-order valence-electron chi connectivity index (χ1n) is 8.86. The van der Waals surface area contributed by atoms with E-state index in [1.807, 2.05) is 54.6 Å². The minimum Gasteiger partial charge on any atom is -0.308 e. The molecule has 3 aromatic rings. The third-order valence-electron chi connectivity index (χ3n) is 5.16. The van der Waals surface area contributed by atoms with Crippen molar-refractivity contribution in [2.24, 2.45) is 0 Å². The van der Waals surface area contributed by atoms with Crippen molar-refractivity contribution in [1.82, 2.24) is 24.8 Å². The van der Waals surface area contributed by atoms with E-state index in [1.165, 1.54) is 4.90 Å². The zero-order valence-electron chi connectivity index (χ0n) is 14.5. The van der Waals surface area contributed by atoms with Crippen molar-refractivity contribution in [3.8, 4) is 5.69 Å². The van der Waals surface area contributed by atoms with Gasteiger partial charge in [0.05, 0.1) is 18.4 Å². The lowest BCUT2D eigenvalue weighted by molar-refractivity contribution is -0.128. The van der Waals surface area contributed by atoms with Crippen LogP contribution < -0.4 is 0 Å². The zero-order valence-corrected chi connectivity index (χ0v) is 14.5. The molecule has 3 heterocycles. The molecule has 3 amide bonds. The number of nitrogens with zero attached hydrogens (tertiary/aromatic N) is 5. The van der Waals surface area contributed by atoms with E-state index in [9.17, 15) is 9.59 Å². The van der Waals surface area contributed by atoms with Crippen molar-refractivity contribution in [3.63, 3.8) is 0 Å². The van der Waals surface area contributed by atoms with E-state index < -0.39 is 6.04 Å². The number of para-hydroxylation sites is 1. The summed E-state index contributed by atoms with van der Waals surface area (Å²) in [5.74, 6) is -0.163. The summed E-state index contributed by atoms with van der Waals surface area (Å²) in [5, 5.41) is 8.24. The standard InChI is InChI=1S/C20H17N5O2/c26-19-18-10-14-6-4-5-7-15(14)11-23(18)20(27)24(19)12-16-13-25(22-21-16)17-8-2-1-3-9-17/h1-9,13,18H,10-12H2/t18-/m1/s1. The van der Waals surface area contributed by atoms with Gasteiger partial charge in [-0.05, 0) is 23.3 Å². The van der Waals surface area contributed by atoms with Crippen LogP contribution in [0.25, 0.3) is 5.69 Å². The van der Waals surface area contributed by atoms with Crippen LogP contribution in [0.4, 0.5) is 4.79 Å². The van der Waals surface area contributed by atoms with Crippen molar-refractivity contribution in [1.29, 1.82) is 0 Å². The maximum atomic E-state index is 12.8. The average Bonchev–Trinajstić information content (AvgIpc) is 3.27. The Hall–Kier alpha value is -3.48. The van der Waals surface area contributed by atoms with Crippen molar-refractivity contribution in [2.45, 2.75) is 25.6 Å². The lowest BCUT2D eigenvalue weighted by atomic mass is 9.95. The van der Waals surface area contributed by atoms with Crippen molar-refractivity contribution in [3.05, 3.63) is 77.6 Å². The summed E-state index contributed by atoms with van der Waals surface area (Å²) in [6.07, 6.45) is 2.32. The van der Waals surface area contributed by atoms with Gasteiger partial charge in [0, 0.05) is 13.0 Å². The number of amides is 3. The first-order chi connectivity index (χ1) is 13.2. The monoisotopic (exact) mass is 359 g/mol. The highest BCUT2D eigenvalue weighted by atomic mass is 16.2. The molecule has 5 rings (SSSR count). The van der Waals surface area contributed by atoms with E-state index in [2.05, 4.69) is 10.3 Å². The molecule has 0 bridgehead atoms. The van der Waals surface area contributed by atoms with Gasteiger partial charge in [-0.15, -0.1) is 5.10 Å². The first-order valence-corrected chi connectivity index (χ1v) is 8.86. The van der Waals surface area contributed by atoms with Gasteiger partial charge in [-0.3, -0.25) is 9.69 Å². The van der Waals surface area contributed by atoms with E-state index in [0.717, 1.165) is 16.8 Å². The van der Waals surface area contributed by atoms with Crippen LogP contribution in [0.2, 0.25) is 0 Å². The summed E-state index contributed by atoms with van der Waals surface area (Å²) in [5.41, 5.74) is 3.70. The molecular formula is C20H17N5O2. The van der Waals surface area contributed by atoms with Crippen LogP contribution in [0.5, 0.6) is 0 Å². The average molecular weight is 359 g/mol. The van der Waals surface area contributed by atoms with Gasteiger partial charge in [0.2, 0.25) is 0 Å². The fraction of sp³-hybridized carbons (Fsp3) is 0.200. The predicted octanol–water partition coefficient (Wildman–Crippen LogP) is 2.16. The largest absolute Gasteiger partial charge is 0.328 e. The molecule has 134 valence electrons. The van der Waals surface area contributed by atoms with Gasteiger partial charge in [-0.2, -0.15) is 0 Å². The summed E-state index contributed by atoms with van der Waals surface area (Å²) in [4.78, 5) is 28.6. The fourth-order valence-electron chi connectivity index (χ4n) is 3.76. The lowest BCUT2D eigenvalue weighted by Crippen LogP contribution is -2.39. The highest BCUT2D eigenvalue weighted by Crippen LogP contribution is 2.30. The van der Waals surface area contributed by atoms with Crippen LogP contribution in [-0.2, 0) is 24.3 Å². The molecule has 7 nitrogen and oxygen atoms in total. The third-order valence-corrected chi connectivity index (χ3v) is 5.16. The number of carbonyl (C=O) groups excluding carboxylic acids is 2. The molecule has 1 saturated heterocycles. The Balaban J connectivity index is 1.38. The van der Waals surface area contributed by atoms with Gasteiger partial charge in [0.1, 0.15) is 11.7 Å². The van der Waals surface area contributed by atoms with Gasteiger partial charge < -0.3 is 4.90 Å². The number of carbonyl (C=O) groups is 2. The van der Waals surface area contributed by atoms with Crippen molar-refractivity contribution >= 4 is 11.9 Å². The van der Waals surface area contributed by atoms with E-state index >= 15 is 0 Å². The zero-order chi connectivity index (χ0) is 18.4. The van der Waals surface area contributed by atoms with Crippen molar-refractivity contribution < 1.29 is 9.59 Å². The van der Waals surface area contributed by atoms with Crippen LogP contribution in [0.15, 0.2) is 60.8 Å². The molecule has 0 spiro atoms. The Morgan fingerprint density at radius 2 is 1.70 bits per heavy atom. The number of hydrogen-bond acceptors (Lipinski definition) is 4. The second-order valence-corrected chi connectivity index (χ2v) is 6.81. The highest BCUT2D eigenvalue weighted by Gasteiger charge is 2.47. The van der Waals surface area contributed by atoms with E-state index in [1.54, 1.807) is 15.8 Å². The summed E-state index contributed by atoms with van der Waals surface area (Å²) in [6.45, 7) is 0.604. The third kappa shape index (κ3) is 2.59. The number of aromatic nitrogens is 3. The van der Waals surface area contributed by atoms with E-state index in [0.29, 0.717) is 18.7 Å². The van der Waals surface area contributed by atoms with Gasteiger partial charge >= 0.3 is 6.03 Å². The van der Waals surface area contributed by atoms with Gasteiger partial charge in [-0.25, -0.2) is 9.48 Å². The normalized spacial score (nSPS) is 18.6. The maximum absolute atomic E-state index is 12.8. The molecule has 1 fully saturated rings. The lowest BCUT2D eigenvalue weighted by Gasteiger charge is -2.28. The van der Waals surface area contributed by atoms with Gasteiger partial charge in [-0.1, -0.05) is 47.7 Å². The maximum Gasteiger partial charge on any atom is 0.328 e. The number of hydrogen-bond donors (Lipinski definition) is 0. The topological polar surface area (TPSA) is 71.3 Å². The number of rotatable bonds is 3. The Kier molecular flexibility index (Phi) is 3.53. The molecule has 0 aliphatic carbocycles. The predicted molar refractivity (Wildman–Crippen MR) is 96.8 cm³/mol. The SMILES string of the molecule is O=C1[C@H]2Cc3ccccc3CN2C(=O)N1Cc1cn(-c2ccccc2)nn1. The molecule has 27 heavy (non-hydrogen) atoms. The minimum atomic E-state index is -0.420. The second-order valence-electron chi connectivity index (χ2n) is 6.81. The Bertz CT molecular complexity index is 987. The van der Waals surface area contributed by atoms with Crippen LogP contribution >= 0.6 is 0 Å². The van der Waals surface area contributed by atoms with Crippen LogP contribution in [-0.4, -0.2) is 42.8 Å². The summed E-state index contributed by atoms with van der Waals surface area (Å²) < 4.78 is 1.64. The molecule has 2 aromatic carbocycles. The molecule has 1 atom stereocenters. The highest BCUT2D eigenvalue weighted by molar-refractivity contribution is 6.04. The van der Waals surface area contributed by atoms with Gasteiger partial charge in [0.15, 0.2) is 0 Å². The summed E-state index contributed by atoms with van der Waals surface area (Å²) in [7, 11) is 0. The molecule has 0 saturated carbocycles. The Labute approximate surface area is 155 Å². The number of urea groups is 1. The Morgan fingerprint density at radius 1 is 0.963 bits per heavy atom. The quantitative estimate of drug-likeness (QED) is 0.672. The number of imide groups is 1. The second kappa shape index (κ2) is 6.05. The van der Waals surface area contributed by atoms with Crippen LogP contribution in [0.1, 0.15) is 16.8 Å². The molecular weight excluding hydrogens is 342 g/mol. The van der Waals surface area contributed by atoms with E-state index in [-0.39, 0.29) is 18.5 Å². The summed E-state index contributed by atoms with van der Waals surface area (Å²) in [6, 6.07) is 16.9. The van der Waals surface area contributed by atoms with Crippen molar-refractivity contribution in [2.75, 3.05) is 0 Å². The van der Waals surface area contributed by atoms with Crippen LogP contribution in [0, 0.1) is 0 Å². The Morgan fingerprint density at radius 3 is 2.52 bits per heavy atom. The first kappa shape index (κ1) is 15.7. The molecule has 0 N–H and O–H groups in total. The number of benzene rings is 2. The van der Waals surface area contributed by atoms with Gasteiger partial charge in [0.25, 0.3) is 5.91 Å². The number of fused-ring (bicyclic) bond motifs is 2. The summed E-state index contributed by atoms with van der Waals surface area (Å²) >= 11 is 0. The fourth-order valence-corrected chi connectivity index (χ4v) is 3.76. The molecule has 2 aliphatic heterocycles. The van der Waals surface area contributed by atoms with E-state index in [4.69, 9.17) is 0 Å². The molecule has 1 aromatic heterocycles. The molecule has 0 unspecified atom stereocenters. The molecule has 2 aliphatic rings. The minimum absolute atomic E-state index is 0.133.